The summed E-state index contributed by atoms with van der Waals surface area (Å²) in [6, 6.07) is 0. The molecule has 0 aliphatic carbocycles. The zero-order valence-corrected chi connectivity index (χ0v) is 18.2. The fourth-order valence-corrected chi connectivity index (χ4v) is 1.89. The maximum Gasteiger partial charge on any atom is 0.302 e. The van der Waals surface area contributed by atoms with Gasteiger partial charge in [-0.3, -0.25) is 15.1 Å². The Labute approximate surface area is 175 Å². The van der Waals surface area contributed by atoms with Crippen LogP contribution >= 0.6 is 11.6 Å². The van der Waals surface area contributed by atoms with Crippen LogP contribution in [-0.2, 0) is 9.53 Å². The number of hydrogen-bond donors (Lipinski definition) is 2. The molecule has 0 aliphatic rings. The first-order chi connectivity index (χ1) is 13.5. The van der Waals surface area contributed by atoms with E-state index in [9.17, 15) is 4.79 Å². The van der Waals surface area contributed by atoms with E-state index in [1.54, 1.807) is 36.6 Å². The van der Waals surface area contributed by atoms with E-state index in [2.05, 4.69) is 23.5 Å². The minimum Gasteiger partial charge on any atom is -0.466 e. The summed E-state index contributed by atoms with van der Waals surface area (Å²) in [5.74, 6) is -0.288. The quantitative estimate of drug-likeness (QED) is 0.160. The minimum absolute atomic E-state index is 0.288. The molecule has 0 bridgehead atoms. The molecule has 0 aromatic heterocycles. The lowest BCUT2D eigenvalue weighted by Gasteiger charge is -2.16. The molecule has 6 heteroatoms. The van der Waals surface area contributed by atoms with Crippen molar-refractivity contribution in [3.05, 3.63) is 72.0 Å². The second kappa shape index (κ2) is 19.5. The Kier molecular flexibility index (Phi) is 19.6. The first-order valence-corrected chi connectivity index (χ1v) is 9.64. The third kappa shape index (κ3) is 14.9. The lowest BCUT2D eigenvalue weighted by Crippen LogP contribution is -2.40. The van der Waals surface area contributed by atoms with Crippen molar-refractivity contribution >= 4 is 23.8 Å². The number of nitrogens with two attached hydrogens (primary N) is 1. The van der Waals surface area contributed by atoms with Gasteiger partial charge in [0.2, 0.25) is 0 Å². The summed E-state index contributed by atoms with van der Waals surface area (Å²) in [7, 11) is 0. The molecule has 0 rings (SSSR count). The summed E-state index contributed by atoms with van der Waals surface area (Å²) in [5, 5.41) is 3.72. The average molecular weight is 408 g/mol. The number of carbonyl (C=O) groups is 1. The van der Waals surface area contributed by atoms with Gasteiger partial charge in [0, 0.05) is 30.3 Å². The van der Waals surface area contributed by atoms with Crippen LogP contribution in [-0.4, -0.2) is 31.5 Å². The topological polar surface area (TPSA) is 76.7 Å². The number of aliphatic imine (C=N–C) groups is 1. The van der Waals surface area contributed by atoms with E-state index in [0.29, 0.717) is 30.3 Å². The Morgan fingerprint density at radius 2 is 1.96 bits per heavy atom. The number of ether oxygens (including phenoxy) is 1. The van der Waals surface area contributed by atoms with Crippen LogP contribution in [0.3, 0.4) is 0 Å². The van der Waals surface area contributed by atoms with Gasteiger partial charge < -0.3 is 10.5 Å². The van der Waals surface area contributed by atoms with Crippen molar-refractivity contribution in [1.82, 2.24) is 5.32 Å². The summed E-state index contributed by atoms with van der Waals surface area (Å²) in [6.45, 7) is 15.6. The van der Waals surface area contributed by atoms with Crippen LogP contribution in [0, 0.1) is 0 Å². The summed E-state index contributed by atoms with van der Waals surface area (Å²) in [6.07, 6.45) is 14.1. The van der Waals surface area contributed by atoms with Crippen molar-refractivity contribution in [1.29, 1.82) is 0 Å². The van der Waals surface area contributed by atoms with Crippen molar-refractivity contribution in [2.45, 2.75) is 40.3 Å². The molecule has 0 spiro atoms. The molecular formula is C22H34ClN3O2. The van der Waals surface area contributed by atoms with Crippen molar-refractivity contribution in [3.63, 3.8) is 0 Å². The third-order valence-corrected chi connectivity index (χ3v) is 3.30. The zero-order valence-electron chi connectivity index (χ0n) is 17.5. The number of halogens is 1. The Hall–Kier alpha value is -2.21. The van der Waals surface area contributed by atoms with E-state index >= 15 is 0 Å². The number of rotatable bonds is 12. The van der Waals surface area contributed by atoms with Gasteiger partial charge in [-0.15, -0.1) is 0 Å². The summed E-state index contributed by atoms with van der Waals surface area (Å²) >= 11 is 5.82. The summed E-state index contributed by atoms with van der Waals surface area (Å²) in [4.78, 5) is 15.1. The molecule has 0 radical (unpaired) electrons. The van der Waals surface area contributed by atoms with Crippen LogP contribution in [0.4, 0.5) is 0 Å². The number of allylic oxidation sites excluding steroid dienone is 7. The number of nitrogens with zero attached hydrogens (tertiary/aromatic N) is 1. The van der Waals surface area contributed by atoms with Crippen molar-refractivity contribution < 1.29 is 9.53 Å². The van der Waals surface area contributed by atoms with Crippen LogP contribution in [0.2, 0.25) is 0 Å². The Morgan fingerprint density at radius 1 is 1.29 bits per heavy atom. The van der Waals surface area contributed by atoms with E-state index in [-0.39, 0.29) is 5.97 Å². The molecule has 156 valence electrons. The molecule has 1 unspecified atom stereocenters. The van der Waals surface area contributed by atoms with Gasteiger partial charge in [0.05, 0.1) is 18.5 Å². The lowest BCUT2D eigenvalue weighted by molar-refractivity contribution is -0.141. The molecule has 0 aliphatic heterocycles. The molecule has 0 heterocycles. The van der Waals surface area contributed by atoms with Crippen molar-refractivity contribution in [2.24, 2.45) is 10.7 Å². The maximum atomic E-state index is 10.7. The van der Waals surface area contributed by atoms with Crippen LogP contribution in [0.5, 0.6) is 0 Å². The first kappa shape index (κ1) is 28.0. The smallest absolute Gasteiger partial charge is 0.302 e. The second-order valence-electron chi connectivity index (χ2n) is 5.09. The SMILES string of the molecule is C=CC(/N=C\C=C\C=C(\Cl)C=C)=C(\C=C/C)C(N)NCCCOC(C)=O.CC. The van der Waals surface area contributed by atoms with Gasteiger partial charge in [-0.25, -0.2) is 0 Å². The van der Waals surface area contributed by atoms with Gasteiger partial charge in [0.1, 0.15) is 0 Å². The molecule has 3 N–H and O–H groups in total. The molecule has 0 saturated carbocycles. The number of esters is 1. The summed E-state index contributed by atoms with van der Waals surface area (Å²) in [5.41, 5.74) is 7.67. The predicted octanol–water partition coefficient (Wildman–Crippen LogP) is 4.79. The number of carbonyl (C=O) groups excluding carboxylic acids is 1. The molecule has 0 saturated heterocycles. The lowest BCUT2D eigenvalue weighted by atomic mass is 10.1. The van der Waals surface area contributed by atoms with E-state index in [1.165, 1.54) is 6.92 Å². The molecule has 28 heavy (non-hydrogen) atoms. The predicted molar refractivity (Wildman–Crippen MR) is 122 cm³/mol. The Morgan fingerprint density at radius 3 is 2.50 bits per heavy atom. The van der Waals surface area contributed by atoms with Gasteiger partial charge in [-0.05, 0) is 31.6 Å². The highest BCUT2D eigenvalue weighted by atomic mass is 35.5. The van der Waals surface area contributed by atoms with Crippen LogP contribution < -0.4 is 11.1 Å². The molecule has 0 aromatic rings. The average Bonchev–Trinajstić information content (AvgIpc) is 2.70. The highest BCUT2D eigenvalue weighted by Crippen LogP contribution is 2.11. The molecule has 1 atom stereocenters. The van der Waals surface area contributed by atoms with Crippen molar-refractivity contribution in [3.8, 4) is 0 Å². The minimum atomic E-state index is -0.423. The van der Waals surface area contributed by atoms with E-state index in [4.69, 9.17) is 22.1 Å². The van der Waals surface area contributed by atoms with Crippen LogP contribution in [0.15, 0.2) is 77.0 Å². The van der Waals surface area contributed by atoms with Crippen LogP contribution in [0.1, 0.15) is 34.1 Å². The van der Waals surface area contributed by atoms with Gasteiger partial charge >= 0.3 is 5.97 Å². The molecular weight excluding hydrogens is 374 g/mol. The summed E-state index contributed by atoms with van der Waals surface area (Å²) < 4.78 is 4.89. The normalized spacial score (nSPS) is 13.9. The molecule has 0 aromatic carbocycles. The third-order valence-electron chi connectivity index (χ3n) is 3.02. The standard InChI is InChI=1S/C20H28ClN3O2.C2H6/c1-5-11-18(20(22)24-14-10-15-26-16(4)25)19(7-3)23-13-9-8-12-17(21)6-2;1-2/h5-9,11-13,20,24H,2-3,10,14-15,22H2,1,4H3;1-2H3/b9-8+,11-5-,17-12+,19-18-,23-13-;. The maximum absolute atomic E-state index is 10.7. The van der Waals surface area contributed by atoms with Crippen molar-refractivity contribution in [2.75, 3.05) is 13.2 Å². The van der Waals surface area contributed by atoms with E-state index < -0.39 is 6.17 Å². The Balaban J connectivity index is 0. The highest BCUT2D eigenvalue weighted by Gasteiger charge is 2.09. The van der Waals surface area contributed by atoms with Gasteiger partial charge in [-0.2, -0.15) is 0 Å². The fourth-order valence-electron chi connectivity index (χ4n) is 1.82. The molecule has 0 amide bonds. The van der Waals surface area contributed by atoms with E-state index in [1.807, 2.05) is 32.9 Å². The van der Waals surface area contributed by atoms with Gasteiger partial charge in [0.25, 0.3) is 0 Å². The monoisotopic (exact) mass is 407 g/mol. The second-order valence-corrected chi connectivity index (χ2v) is 5.53. The zero-order chi connectivity index (χ0) is 21.8. The first-order valence-electron chi connectivity index (χ1n) is 9.26. The largest absolute Gasteiger partial charge is 0.466 e. The van der Waals surface area contributed by atoms with Gasteiger partial charge in [-0.1, -0.05) is 62.9 Å². The highest BCUT2D eigenvalue weighted by molar-refractivity contribution is 6.31. The fraction of sp³-hybridized carbons (Fsp3) is 0.364. The Bertz CT molecular complexity index is 617. The van der Waals surface area contributed by atoms with Gasteiger partial charge in [0.15, 0.2) is 0 Å². The number of hydrogen-bond acceptors (Lipinski definition) is 5. The van der Waals surface area contributed by atoms with Crippen LogP contribution in [0.25, 0.3) is 0 Å². The molecule has 5 nitrogen and oxygen atoms in total. The molecule has 0 fully saturated rings. The van der Waals surface area contributed by atoms with E-state index in [0.717, 1.165) is 5.57 Å². The number of nitrogens with one attached hydrogen (secondary N) is 1.